The summed E-state index contributed by atoms with van der Waals surface area (Å²) in [7, 11) is 0. The van der Waals surface area contributed by atoms with Crippen LogP contribution in [0.25, 0.3) is 11.0 Å². The van der Waals surface area contributed by atoms with Gasteiger partial charge in [0, 0.05) is 5.56 Å². The smallest absolute Gasteiger partial charge is 0.321 e. The third-order valence-corrected chi connectivity index (χ3v) is 4.50. The molecule has 7 nitrogen and oxygen atoms in total. The molecule has 0 radical (unpaired) electrons. The molecule has 0 bridgehead atoms. The van der Waals surface area contributed by atoms with Crippen molar-refractivity contribution in [2.24, 2.45) is 5.92 Å². The zero-order chi connectivity index (χ0) is 18.3. The molecule has 4 rings (SSSR count). The lowest BCUT2D eigenvalue weighted by Gasteiger charge is -2.32. The number of rotatable bonds is 3. The maximum Gasteiger partial charge on any atom is 0.321 e. The van der Waals surface area contributed by atoms with Gasteiger partial charge in [-0.1, -0.05) is 30.3 Å². The van der Waals surface area contributed by atoms with E-state index >= 15 is 0 Å². The normalized spacial score (nSPS) is 19.0. The molecule has 1 aliphatic rings. The molecule has 0 saturated heterocycles. The summed E-state index contributed by atoms with van der Waals surface area (Å²) >= 11 is 0. The number of nitrogens with one attached hydrogen (secondary N) is 1. The Balaban J connectivity index is 1.99. The van der Waals surface area contributed by atoms with Crippen LogP contribution in [0.3, 0.4) is 0 Å². The van der Waals surface area contributed by atoms with Gasteiger partial charge in [-0.05, 0) is 25.1 Å². The van der Waals surface area contributed by atoms with Crippen LogP contribution in [-0.2, 0) is 14.3 Å². The lowest BCUT2D eigenvalue weighted by molar-refractivity contribution is -0.152. The number of hydrogen-bond donors (Lipinski definition) is 2. The Labute approximate surface area is 149 Å². The van der Waals surface area contributed by atoms with Gasteiger partial charge in [-0.15, -0.1) is 0 Å². The van der Waals surface area contributed by atoms with Crippen molar-refractivity contribution in [3.8, 4) is 5.75 Å². The number of carbonyl (C=O) groups excluding carboxylic acids is 2. The Kier molecular flexibility index (Phi) is 3.84. The molecule has 1 aliphatic heterocycles. The minimum absolute atomic E-state index is 0.00484. The lowest BCUT2D eigenvalue weighted by Crippen LogP contribution is -2.43. The standard InChI is InChI=1S/C19H17N3O4/c1-2-26-18(25)15-16(11-7-3-6-10-14(11)23)22-13-9-5-4-8-12(13)20-19(22)21-17(15)24/h3-10,15-16,23H,2H2,1H3,(H,20,21,24)/t15-,16-/m1/s1. The van der Waals surface area contributed by atoms with Crippen molar-refractivity contribution in [1.29, 1.82) is 0 Å². The monoisotopic (exact) mass is 351 g/mol. The van der Waals surface area contributed by atoms with Crippen molar-refractivity contribution in [2.45, 2.75) is 13.0 Å². The Hall–Kier alpha value is -3.35. The van der Waals surface area contributed by atoms with Gasteiger partial charge >= 0.3 is 5.97 Å². The average molecular weight is 351 g/mol. The number of amides is 1. The van der Waals surface area contributed by atoms with Gasteiger partial charge in [-0.2, -0.15) is 0 Å². The van der Waals surface area contributed by atoms with Gasteiger partial charge in [0.2, 0.25) is 11.9 Å². The number of phenolic OH excluding ortho intramolecular Hbond substituents is 1. The van der Waals surface area contributed by atoms with Crippen molar-refractivity contribution in [3.63, 3.8) is 0 Å². The predicted molar refractivity (Wildman–Crippen MR) is 94.7 cm³/mol. The number of hydrogen-bond acceptors (Lipinski definition) is 5. The number of benzene rings is 2. The van der Waals surface area contributed by atoms with E-state index in [1.807, 2.05) is 24.3 Å². The second kappa shape index (κ2) is 6.18. The minimum Gasteiger partial charge on any atom is -0.508 e. The molecule has 0 unspecified atom stereocenters. The second-order valence-electron chi connectivity index (χ2n) is 6.02. The van der Waals surface area contributed by atoms with Crippen LogP contribution in [-0.4, -0.2) is 33.1 Å². The molecule has 1 amide bonds. The van der Waals surface area contributed by atoms with Crippen molar-refractivity contribution in [2.75, 3.05) is 11.9 Å². The Morgan fingerprint density at radius 2 is 1.96 bits per heavy atom. The highest BCUT2D eigenvalue weighted by Gasteiger charge is 2.44. The fraction of sp³-hybridized carbons (Fsp3) is 0.211. The van der Waals surface area contributed by atoms with Crippen LogP contribution < -0.4 is 5.32 Å². The van der Waals surface area contributed by atoms with E-state index in [1.165, 1.54) is 6.07 Å². The van der Waals surface area contributed by atoms with E-state index in [2.05, 4.69) is 10.3 Å². The summed E-state index contributed by atoms with van der Waals surface area (Å²) < 4.78 is 6.90. The summed E-state index contributed by atoms with van der Waals surface area (Å²) in [4.78, 5) is 29.7. The summed E-state index contributed by atoms with van der Waals surface area (Å²) in [5.74, 6) is -1.93. The molecule has 2 heterocycles. The van der Waals surface area contributed by atoms with Crippen LogP contribution in [0.1, 0.15) is 18.5 Å². The molecule has 0 aliphatic carbocycles. The fourth-order valence-corrected chi connectivity index (χ4v) is 3.42. The summed E-state index contributed by atoms with van der Waals surface area (Å²) in [6.45, 7) is 1.85. The first-order valence-electron chi connectivity index (χ1n) is 8.34. The Bertz CT molecular complexity index is 1010. The van der Waals surface area contributed by atoms with Crippen molar-refractivity contribution >= 4 is 28.9 Å². The second-order valence-corrected chi connectivity index (χ2v) is 6.02. The number of phenols is 1. The van der Waals surface area contributed by atoms with E-state index in [0.29, 0.717) is 17.0 Å². The number of nitrogens with zero attached hydrogens (tertiary/aromatic N) is 2. The van der Waals surface area contributed by atoms with Crippen LogP contribution in [0.4, 0.5) is 5.95 Å². The molecular weight excluding hydrogens is 334 g/mol. The fourth-order valence-electron chi connectivity index (χ4n) is 3.42. The minimum atomic E-state index is -1.13. The summed E-state index contributed by atoms with van der Waals surface area (Å²) in [6.07, 6.45) is 0. The third-order valence-electron chi connectivity index (χ3n) is 4.50. The first-order valence-corrected chi connectivity index (χ1v) is 8.34. The van der Waals surface area contributed by atoms with Crippen molar-refractivity contribution < 1.29 is 19.4 Å². The number of ether oxygens (including phenoxy) is 1. The zero-order valence-corrected chi connectivity index (χ0v) is 14.0. The first kappa shape index (κ1) is 16.1. The van der Waals surface area contributed by atoms with E-state index in [4.69, 9.17) is 4.74 Å². The molecule has 1 aromatic heterocycles. The molecule has 132 valence electrons. The molecule has 2 atom stereocenters. The largest absolute Gasteiger partial charge is 0.508 e. The molecular formula is C19H17N3O4. The topological polar surface area (TPSA) is 93.5 Å². The number of aromatic hydroxyl groups is 1. The van der Waals surface area contributed by atoms with E-state index in [-0.39, 0.29) is 12.4 Å². The maximum absolute atomic E-state index is 12.7. The van der Waals surface area contributed by atoms with Crippen LogP contribution in [0, 0.1) is 5.92 Å². The molecule has 2 aromatic carbocycles. The third kappa shape index (κ3) is 2.40. The van der Waals surface area contributed by atoms with Gasteiger partial charge in [0.05, 0.1) is 23.7 Å². The van der Waals surface area contributed by atoms with Crippen LogP contribution in [0.2, 0.25) is 0 Å². The number of imidazole rings is 1. The number of esters is 1. The number of para-hydroxylation sites is 3. The zero-order valence-electron chi connectivity index (χ0n) is 14.0. The van der Waals surface area contributed by atoms with E-state index in [9.17, 15) is 14.7 Å². The van der Waals surface area contributed by atoms with E-state index in [0.717, 1.165) is 5.52 Å². The van der Waals surface area contributed by atoms with Gasteiger partial charge in [0.25, 0.3) is 0 Å². The number of anilines is 1. The van der Waals surface area contributed by atoms with Crippen LogP contribution >= 0.6 is 0 Å². The highest BCUT2D eigenvalue weighted by atomic mass is 16.5. The van der Waals surface area contributed by atoms with E-state index in [1.54, 1.807) is 29.7 Å². The van der Waals surface area contributed by atoms with Gasteiger partial charge in [-0.3, -0.25) is 14.9 Å². The first-order chi connectivity index (χ1) is 12.6. The molecule has 2 N–H and O–H groups in total. The van der Waals surface area contributed by atoms with Gasteiger partial charge in [0.15, 0.2) is 5.92 Å². The van der Waals surface area contributed by atoms with Gasteiger partial charge < -0.3 is 14.4 Å². The summed E-state index contributed by atoms with van der Waals surface area (Å²) in [5.41, 5.74) is 1.91. The molecule has 0 spiro atoms. The molecule has 7 heteroatoms. The predicted octanol–water partition coefficient (Wildman–Crippen LogP) is 2.46. The molecule has 3 aromatic rings. The number of aromatic nitrogens is 2. The summed E-state index contributed by atoms with van der Waals surface area (Å²) in [5, 5.41) is 13.1. The average Bonchev–Trinajstić information content (AvgIpc) is 2.99. The van der Waals surface area contributed by atoms with Gasteiger partial charge in [-0.25, -0.2) is 4.98 Å². The Morgan fingerprint density at radius 3 is 2.73 bits per heavy atom. The molecule has 0 saturated carbocycles. The number of fused-ring (bicyclic) bond motifs is 3. The highest BCUT2D eigenvalue weighted by Crippen LogP contribution is 2.41. The Morgan fingerprint density at radius 1 is 1.23 bits per heavy atom. The highest BCUT2D eigenvalue weighted by molar-refractivity contribution is 6.07. The summed E-state index contributed by atoms with van der Waals surface area (Å²) in [6, 6.07) is 13.3. The van der Waals surface area contributed by atoms with Crippen molar-refractivity contribution in [3.05, 3.63) is 54.1 Å². The maximum atomic E-state index is 12.7. The van der Waals surface area contributed by atoms with Crippen LogP contribution in [0.15, 0.2) is 48.5 Å². The van der Waals surface area contributed by atoms with E-state index < -0.39 is 23.8 Å². The lowest BCUT2D eigenvalue weighted by atomic mass is 9.89. The van der Waals surface area contributed by atoms with Crippen molar-refractivity contribution in [1.82, 2.24) is 9.55 Å². The SMILES string of the molecule is CCOC(=O)[C@H]1C(=O)Nc2nc3ccccc3n2[C@@H]1c1ccccc1O. The van der Waals surface area contributed by atoms with Crippen LogP contribution in [0.5, 0.6) is 5.75 Å². The molecule has 0 fully saturated rings. The molecule has 26 heavy (non-hydrogen) atoms. The number of carbonyl (C=O) groups is 2. The quantitative estimate of drug-likeness (QED) is 0.558. The van der Waals surface area contributed by atoms with Gasteiger partial charge in [0.1, 0.15) is 5.75 Å².